The number of halogens is 3. The first-order valence-corrected chi connectivity index (χ1v) is 9.94. The molecule has 0 atom stereocenters. The van der Waals surface area contributed by atoms with Crippen LogP contribution in [0.4, 0.5) is 23.7 Å². The van der Waals surface area contributed by atoms with Crippen LogP contribution in [0.5, 0.6) is 0 Å². The zero-order valence-electron chi connectivity index (χ0n) is 15.2. The molecule has 0 radical (unpaired) electrons. The number of carbonyl (C=O) groups excluding carboxylic acids is 1. The number of aromatic nitrogens is 1. The molecule has 1 aromatic carbocycles. The standard InChI is InChI=1S/C19H22F3N3O2S/c20-19(21,22)12-25-7-5-15(6-8-25)9-14-1-3-16(4-2-14)24-18(26)27-11-17-10-23-13-28-17/h1-4,10,13,15H,5-9,11-12H2,(H,24,26). The fraction of sp³-hybridized carbons (Fsp3) is 0.474. The Morgan fingerprint density at radius 3 is 2.57 bits per heavy atom. The first-order valence-electron chi connectivity index (χ1n) is 9.06. The minimum atomic E-state index is -4.13. The van der Waals surface area contributed by atoms with Crippen LogP contribution < -0.4 is 5.32 Å². The third-order valence-electron chi connectivity index (χ3n) is 4.66. The lowest BCUT2D eigenvalue weighted by atomic mass is 9.90. The number of hydrogen-bond acceptors (Lipinski definition) is 5. The Labute approximate surface area is 165 Å². The summed E-state index contributed by atoms with van der Waals surface area (Å²) < 4.78 is 42.5. The van der Waals surface area contributed by atoms with E-state index in [0.717, 1.165) is 29.7 Å². The van der Waals surface area contributed by atoms with Crippen molar-refractivity contribution in [1.82, 2.24) is 9.88 Å². The van der Waals surface area contributed by atoms with E-state index in [1.165, 1.54) is 16.2 Å². The van der Waals surface area contributed by atoms with Crippen LogP contribution in [-0.4, -0.2) is 41.8 Å². The summed E-state index contributed by atoms with van der Waals surface area (Å²) >= 11 is 1.42. The van der Waals surface area contributed by atoms with Gasteiger partial charge >= 0.3 is 12.3 Å². The van der Waals surface area contributed by atoms with Crippen molar-refractivity contribution in [3.63, 3.8) is 0 Å². The summed E-state index contributed by atoms with van der Waals surface area (Å²) in [5.41, 5.74) is 3.42. The van der Waals surface area contributed by atoms with E-state index in [1.807, 2.05) is 24.3 Å². The molecular formula is C19H22F3N3O2S. The molecule has 3 rings (SSSR count). The lowest BCUT2D eigenvalue weighted by molar-refractivity contribution is -0.148. The molecule has 0 bridgehead atoms. The van der Waals surface area contributed by atoms with Gasteiger partial charge in [-0.25, -0.2) is 4.79 Å². The highest BCUT2D eigenvalue weighted by Gasteiger charge is 2.32. The van der Waals surface area contributed by atoms with Gasteiger partial charge in [0.05, 0.1) is 16.9 Å². The molecule has 1 fully saturated rings. The Morgan fingerprint density at radius 1 is 1.25 bits per heavy atom. The third-order valence-corrected chi connectivity index (χ3v) is 5.42. The van der Waals surface area contributed by atoms with Crippen molar-refractivity contribution in [2.24, 2.45) is 5.92 Å². The quantitative estimate of drug-likeness (QED) is 0.745. The molecule has 9 heteroatoms. The van der Waals surface area contributed by atoms with Crippen LogP contribution in [0.2, 0.25) is 0 Å². The number of piperidine rings is 1. The molecule has 0 saturated carbocycles. The number of ether oxygens (including phenoxy) is 1. The molecule has 2 heterocycles. The maximum Gasteiger partial charge on any atom is 0.411 e. The second-order valence-electron chi connectivity index (χ2n) is 6.90. The third kappa shape index (κ3) is 6.79. The van der Waals surface area contributed by atoms with E-state index >= 15 is 0 Å². The molecule has 1 saturated heterocycles. The predicted octanol–water partition coefficient (Wildman–Crippen LogP) is 4.71. The molecule has 1 aliphatic rings. The Hall–Kier alpha value is -2.13. The number of thiazole rings is 1. The minimum absolute atomic E-state index is 0.182. The second-order valence-corrected chi connectivity index (χ2v) is 7.88. The molecule has 28 heavy (non-hydrogen) atoms. The molecule has 0 aliphatic carbocycles. The molecule has 5 nitrogen and oxygen atoms in total. The number of hydrogen-bond donors (Lipinski definition) is 1. The number of likely N-dealkylation sites (tertiary alicyclic amines) is 1. The van der Waals surface area contributed by atoms with Gasteiger partial charge in [-0.1, -0.05) is 12.1 Å². The number of nitrogens with zero attached hydrogens (tertiary/aromatic N) is 2. The maximum atomic E-state index is 12.4. The SMILES string of the molecule is O=C(Nc1ccc(CC2CCN(CC(F)(F)F)CC2)cc1)OCc1cncs1. The van der Waals surface area contributed by atoms with E-state index in [4.69, 9.17) is 4.74 Å². The summed E-state index contributed by atoms with van der Waals surface area (Å²) in [6.45, 7) is 0.325. The number of alkyl halides is 3. The van der Waals surface area contributed by atoms with Crippen molar-refractivity contribution in [3.05, 3.63) is 46.4 Å². The maximum absolute atomic E-state index is 12.4. The van der Waals surface area contributed by atoms with Crippen molar-refractivity contribution in [2.45, 2.75) is 32.0 Å². The highest BCUT2D eigenvalue weighted by molar-refractivity contribution is 7.09. The average Bonchev–Trinajstić information content (AvgIpc) is 3.16. The topological polar surface area (TPSA) is 54.5 Å². The molecule has 1 N–H and O–H groups in total. The molecule has 1 aliphatic heterocycles. The van der Waals surface area contributed by atoms with E-state index in [-0.39, 0.29) is 6.61 Å². The Kier molecular flexibility index (Phi) is 6.90. The number of benzene rings is 1. The first kappa shape index (κ1) is 20.6. The Balaban J connectivity index is 1.40. The predicted molar refractivity (Wildman–Crippen MR) is 101 cm³/mol. The van der Waals surface area contributed by atoms with Crippen LogP contribution >= 0.6 is 11.3 Å². The van der Waals surface area contributed by atoms with Gasteiger partial charge < -0.3 is 4.74 Å². The van der Waals surface area contributed by atoms with Gasteiger partial charge in [-0.05, 0) is 56.0 Å². The van der Waals surface area contributed by atoms with Crippen molar-refractivity contribution < 1.29 is 22.7 Å². The molecule has 0 unspecified atom stereocenters. The van der Waals surface area contributed by atoms with Crippen molar-refractivity contribution >= 4 is 23.1 Å². The number of rotatable bonds is 6. The normalized spacial score (nSPS) is 16.1. The van der Waals surface area contributed by atoms with Crippen LogP contribution in [-0.2, 0) is 17.8 Å². The summed E-state index contributed by atoms with van der Waals surface area (Å²) in [6, 6.07) is 7.48. The summed E-state index contributed by atoms with van der Waals surface area (Å²) in [5.74, 6) is 0.382. The summed E-state index contributed by atoms with van der Waals surface area (Å²) in [4.78, 5) is 18.1. The monoisotopic (exact) mass is 413 g/mol. The fourth-order valence-electron chi connectivity index (χ4n) is 3.26. The highest BCUT2D eigenvalue weighted by atomic mass is 32.1. The van der Waals surface area contributed by atoms with Gasteiger partial charge in [0.15, 0.2) is 0 Å². The first-order chi connectivity index (χ1) is 13.4. The second kappa shape index (κ2) is 9.38. The highest BCUT2D eigenvalue weighted by Crippen LogP contribution is 2.25. The molecule has 0 spiro atoms. The van der Waals surface area contributed by atoms with Gasteiger partial charge in [0, 0.05) is 11.9 Å². The Morgan fingerprint density at radius 2 is 1.96 bits per heavy atom. The molecule has 2 aromatic rings. The number of nitrogens with one attached hydrogen (secondary N) is 1. The smallest absolute Gasteiger partial charge is 0.411 e. The van der Waals surface area contributed by atoms with Crippen molar-refractivity contribution in [2.75, 3.05) is 25.0 Å². The zero-order valence-corrected chi connectivity index (χ0v) is 16.1. The molecule has 1 amide bonds. The summed E-state index contributed by atoms with van der Waals surface area (Å²) in [6.07, 6.45) is -0.647. The fourth-order valence-corrected chi connectivity index (χ4v) is 3.77. The average molecular weight is 413 g/mol. The van der Waals surface area contributed by atoms with Crippen LogP contribution in [0, 0.1) is 5.92 Å². The van der Waals surface area contributed by atoms with Gasteiger partial charge in [-0.2, -0.15) is 13.2 Å². The Bertz CT molecular complexity index is 743. The van der Waals surface area contributed by atoms with Crippen LogP contribution in [0.15, 0.2) is 36.0 Å². The molecule has 1 aromatic heterocycles. The van der Waals surface area contributed by atoms with E-state index in [1.54, 1.807) is 11.7 Å². The summed E-state index contributed by atoms with van der Waals surface area (Å²) in [7, 11) is 0. The summed E-state index contributed by atoms with van der Waals surface area (Å²) in [5, 5.41) is 2.67. The van der Waals surface area contributed by atoms with Gasteiger partial charge in [0.25, 0.3) is 0 Å². The largest absolute Gasteiger partial charge is 0.444 e. The van der Waals surface area contributed by atoms with Gasteiger partial charge in [-0.15, -0.1) is 11.3 Å². The van der Waals surface area contributed by atoms with E-state index in [2.05, 4.69) is 10.3 Å². The molecule has 152 valence electrons. The van der Waals surface area contributed by atoms with E-state index < -0.39 is 18.8 Å². The van der Waals surface area contributed by atoms with Crippen molar-refractivity contribution in [3.8, 4) is 0 Å². The van der Waals surface area contributed by atoms with Crippen molar-refractivity contribution in [1.29, 1.82) is 0 Å². The van der Waals surface area contributed by atoms with Crippen LogP contribution in [0.3, 0.4) is 0 Å². The zero-order chi connectivity index (χ0) is 20.0. The lowest BCUT2D eigenvalue weighted by Crippen LogP contribution is -2.40. The minimum Gasteiger partial charge on any atom is -0.444 e. The lowest BCUT2D eigenvalue weighted by Gasteiger charge is -2.32. The van der Waals surface area contributed by atoms with E-state index in [9.17, 15) is 18.0 Å². The number of anilines is 1. The van der Waals surface area contributed by atoms with Gasteiger partial charge in [0.2, 0.25) is 0 Å². The van der Waals surface area contributed by atoms with E-state index in [0.29, 0.717) is 24.7 Å². The molecular weight excluding hydrogens is 391 g/mol. The number of carbonyl (C=O) groups is 1. The number of amides is 1. The van der Waals surface area contributed by atoms with Crippen LogP contribution in [0.1, 0.15) is 23.3 Å². The van der Waals surface area contributed by atoms with Crippen LogP contribution in [0.25, 0.3) is 0 Å². The van der Waals surface area contributed by atoms with Gasteiger partial charge in [0.1, 0.15) is 6.61 Å². The van der Waals surface area contributed by atoms with Gasteiger partial charge in [-0.3, -0.25) is 15.2 Å².